The van der Waals surface area contributed by atoms with Crippen molar-refractivity contribution in [3.63, 3.8) is 0 Å². The van der Waals surface area contributed by atoms with Crippen molar-refractivity contribution in [2.24, 2.45) is 0 Å². The second-order valence-corrected chi connectivity index (χ2v) is 7.95. The van der Waals surface area contributed by atoms with E-state index < -0.39 is 0 Å². The van der Waals surface area contributed by atoms with Crippen LogP contribution in [0.15, 0.2) is 48.5 Å². The summed E-state index contributed by atoms with van der Waals surface area (Å²) >= 11 is 1.44. The van der Waals surface area contributed by atoms with E-state index in [0.29, 0.717) is 23.6 Å². The van der Waals surface area contributed by atoms with Gasteiger partial charge in [-0.15, -0.1) is 11.8 Å². The molecule has 2 aromatic carbocycles. The molecule has 0 spiro atoms. The van der Waals surface area contributed by atoms with Crippen molar-refractivity contribution in [2.75, 3.05) is 18.8 Å². The number of nitrogens with one attached hydrogen (secondary N) is 1. The van der Waals surface area contributed by atoms with Crippen LogP contribution in [-0.2, 0) is 23.6 Å². The molecule has 0 bridgehead atoms. The van der Waals surface area contributed by atoms with E-state index in [1.807, 2.05) is 12.1 Å². The maximum Gasteiger partial charge on any atom is 0.230 e. The SMILES string of the molecule is O=C(CSCc1ccccc1F)NCc1ccccc1CN1CCCCC1. The van der Waals surface area contributed by atoms with Crippen LogP contribution in [0, 0.1) is 5.82 Å². The van der Waals surface area contributed by atoms with Crippen LogP contribution in [-0.4, -0.2) is 29.6 Å². The maximum atomic E-state index is 13.6. The number of benzene rings is 2. The molecule has 0 atom stereocenters. The largest absolute Gasteiger partial charge is 0.351 e. The average Bonchev–Trinajstić information content (AvgIpc) is 2.70. The van der Waals surface area contributed by atoms with Crippen LogP contribution in [0.1, 0.15) is 36.0 Å². The van der Waals surface area contributed by atoms with Gasteiger partial charge < -0.3 is 5.32 Å². The first-order valence-corrected chi connectivity index (χ1v) is 10.7. The molecule has 1 saturated heterocycles. The summed E-state index contributed by atoms with van der Waals surface area (Å²) in [5.74, 6) is 0.620. The van der Waals surface area contributed by atoms with Gasteiger partial charge in [-0.25, -0.2) is 4.39 Å². The Kier molecular flexibility index (Phi) is 7.72. The molecular weight excluding hydrogens is 359 g/mol. The van der Waals surface area contributed by atoms with Crippen LogP contribution in [0.2, 0.25) is 0 Å². The molecule has 5 heteroatoms. The fourth-order valence-electron chi connectivity index (χ4n) is 3.36. The summed E-state index contributed by atoms with van der Waals surface area (Å²) in [6.45, 7) is 3.82. The number of carbonyl (C=O) groups is 1. The lowest BCUT2D eigenvalue weighted by Crippen LogP contribution is -2.30. The monoisotopic (exact) mass is 386 g/mol. The maximum absolute atomic E-state index is 13.6. The van der Waals surface area contributed by atoms with E-state index in [4.69, 9.17) is 0 Å². The van der Waals surface area contributed by atoms with Gasteiger partial charge in [-0.05, 0) is 48.7 Å². The smallest absolute Gasteiger partial charge is 0.230 e. The number of carbonyl (C=O) groups excluding carboxylic acids is 1. The lowest BCUT2D eigenvalue weighted by atomic mass is 10.0. The van der Waals surface area contributed by atoms with Crippen molar-refractivity contribution in [1.82, 2.24) is 10.2 Å². The zero-order chi connectivity index (χ0) is 18.9. The number of rotatable bonds is 8. The highest BCUT2D eigenvalue weighted by Gasteiger charge is 2.13. The summed E-state index contributed by atoms with van der Waals surface area (Å²) in [4.78, 5) is 14.7. The number of hydrogen-bond donors (Lipinski definition) is 1. The topological polar surface area (TPSA) is 32.3 Å². The molecule has 1 heterocycles. The highest BCUT2D eigenvalue weighted by Crippen LogP contribution is 2.17. The molecule has 2 aromatic rings. The van der Waals surface area contributed by atoms with Crippen LogP contribution in [0.25, 0.3) is 0 Å². The fraction of sp³-hybridized carbons (Fsp3) is 0.409. The standard InChI is InChI=1S/C22H27FN2OS/c23-21-11-5-4-10-20(21)16-27-17-22(26)24-14-18-8-2-3-9-19(18)15-25-12-6-1-7-13-25/h2-5,8-11H,1,6-7,12-17H2,(H,24,26). The van der Waals surface area contributed by atoms with Gasteiger partial charge in [0.15, 0.2) is 0 Å². The number of amides is 1. The number of piperidine rings is 1. The molecule has 1 aliphatic heterocycles. The van der Waals surface area contributed by atoms with Crippen LogP contribution in [0.5, 0.6) is 0 Å². The summed E-state index contributed by atoms with van der Waals surface area (Å²) in [6.07, 6.45) is 3.88. The molecule has 1 N–H and O–H groups in total. The summed E-state index contributed by atoms with van der Waals surface area (Å²) < 4.78 is 13.6. The third-order valence-electron chi connectivity index (χ3n) is 4.89. The Hall–Kier alpha value is -1.85. The summed E-state index contributed by atoms with van der Waals surface area (Å²) in [6, 6.07) is 15.0. The molecule has 1 fully saturated rings. The number of thioether (sulfide) groups is 1. The van der Waals surface area contributed by atoms with Crippen LogP contribution < -0.4 is 5.32 Å². The first kappa shape index (κ1) is 19.9. The van der Waals surface area contributed by atoms with Crippen LogP contribution >= 0.6 is 11.8 Å². The molecular formula is C22H27FN2OS. The Balaban J connectivity index is 1.45. The minimum Gasteiger partial charge on any atom is -0.351 e. The predicted octanol–water partition coefficient (Wildman–Crippen LogP) is 4.36. The molecule has 3 nitrogen and oxygen atoms in total. The van der Waals surface area contributed by atoms with E-state index in [1.165, 1.54) is 48.2 Å². The van der Waals surface area contributed by atoms with Gasteiger partial charge in [0.05, 0.1) is 5.75 Å². The first-order valence-electron chi connectivity index (χ1n) is 9.59. The van der Waals surface area contributed by atoms with Gasteiger partial charge in [-0.3, -0.25) is 9.69 Å². The van der Waals surface area contributed by atoms with Crippen molar-refractivity contribution in [3.05, 3.63) is 71.0 Å². The van der Waals surface area contributed by atoms with E-state index in [-0.39, 0.29) is 11.7 Å². The van der Waals surface area contributed by atoms with Crippen molar-refractivity contribution >= 4 is 17.7 Å². The quantitative estimate of drug-likeness (QED) is 0.732. The van der Waals surface area contributed by atoms with E-state index in [9.17, 15) is 9.18 Å². The van der Waals surface area contributed by atoms with Crippen molar-refractivity contribution < 1.29 is 9.18 Å². The average molecular weight is 387 g/mol. The van der Waals surface area contributed by atoms with Crippen molar-refractivity contribution in [2.45, 2.75) is 38.1 Å². The summed E-state index contributed by atoms with van der Waals surface area (Å²) in [7, 11) is 0. The van der Waals surface area contributed by atoms with E-state index in [0.717, 1.165) is 19.6 Å². The second kappa shape index (κ2) is 10.5. The third kappa shape index (κ3) is 6.36. The highest BCUT2D eigenvalue weighted by molar-refractivity contribution is 7.99. The normalized spacial score (nSPS) is 14.9. The van der Waals surface area contributed by atoms with Gasteiger partial charge in [0.25, 0.3) is 0 Å². The van der Waals surface area contributed by atoms with E-state index in [1.54, 1.807) is 12.1 Å². The molecule has 3 rings (SSSR count). The first-order chi connectivity index (χ1) is 13.2. The Morgan fingerprint density at radius 3 is 2.37 bits per heavy atom. The lowest BCUT2D eigenvalue weighted by Gasteiger charge is -2.27. The molecule has 0 aromatic heterocycles. The van der Waals surface area contributed by atoms with Crippen molar-refractivity contribution in [1.29, 1.82) is 0 Å². The Labute approximate surface area is 165 Å². The Bertz CT molecular complexity index is 747. The Morgan fingerprint density at radius 2 is 1.63 bits per heavy atom. The lowest BCUT2D eigenvalue weighted by molar-refractivity contribution is -0.118. The second-order valence-electron chi connectivity index (χ2n) is 6.97. The zero-order valence-electron chi connectivity index (χ0n) is 15.6. The molecule has 0 radical (unpaired) electrons. The summed E-state index contributed by atoms with van der Waals surface area (Å²) in [5.41, 5.74) is 3.11. The predicted molar refractivity (Wildman–Crippen MR) is 110 cm³/mol. The Morgan fingerprint density at radius 1 is 0.963 bits per heavy atom. The molecule has 27 heavy (non-hydrogen) atoms. The van der Waals surface area contributed by atoms with Gasteiger partial charge in [-0.1, -0.05) is 48.9 Å². The number of hydrogen-bond acceptors (Lipinski definition) is 3. The number of nitrogens with zero attached hydrogens (tertiary/aromatic N) is 1. The zero-order valence-corrected chi connectivity index (χ0v) is 16.4. The molecule has 0 saturated carbocycles. The fourth-order valence-corrected chi connectivity index (χ4v) is 4.20. The van der Waals surface area contributed by atoms with Gasteiger partial charge in [0.2, 0.25) is 5.91 Å². The van der Waals surface area contributed by atoms with Gasteiger partial charge in [-0.2, -0.15) is 0 Å². The third-order valence-corrected chi connectivity index (χ3v) is 5.87. The van der Waals surface area contributed by atoms with E-state index >= 15 is 0 Å². The van der Waals surface area contributed by atoms with Gasteiger partial charge >= 0.3 is 0 Å². The summed E-state index contributed by atoms with van der Waals surface area (Å²) in [5, 5.41) is 3.01. The minimum absolute atomic E-state index is 0.0101. The highest BCUT2D eigenvalue weighted by atomic mass is 32.2. The minimum atomic E-state index is -0.211. The van der Waals surface area contributed by atoms with Crippen LogP contribution in [0.4, 0.5) is 4.39 Å². The molecule has 0 unspecified atom stereocenters. The molecule has 1 aliphatic rings. The van der Waals surface area contributed by atoms with E-state index in [2.05, 4.69) is 28.4 Å². The number of likely N-dealkylation sites (tertiary alicyclic amines) is 1. The van der Waals surface area contributed by atoms with Gasteiger partial charge in [0, 0.05) is 18.8 Å². The van der Waals surface area contributed by atoms with Crippen LogP contribution in [0.3, 0.4) is 0 Å². The number of halogens is 1. The molecule has 1 amide bonds. The molecule has 0 aliphatic carbocycles. The molecule has 144 valence electrons. The van der Waals surface area contributed by atoms with Crippen molar-refractivity contribution in [3.8, 4) is 0 Å². The van der Waals surface area contributed by atoms with Gasteiger partial charge in [0.1, 0.15) is 5.82 Å².